The molecule has 0 atom stereocenters. The van der Waals surface area contributed by atoms with Gasteiger partial charge in [0.2, 0.25) is 15.9 Å². The number of benzene rings is 1. The van der Waals surface area contributed by atoms with Crippen LogP contribution < -0.4 is 5.32 Å². The Morgan fingerprint density at radius 1 is 1.10 bits per heavy atom. The minimum absolute atomic E-state index is 0.119. The molecule has 0 bridgehead atoms. The van der Waals surface area contributed by atoms with E-state index in [0.717, 1.165) is 36.1 Å². The number of nitrogens with zero attached hydrogens (tertiary/aromatic N) is 3. The molecular weight excluding hydrogens is 388 g/mol. The second-order valence-electron chi connectivity index (χ2n) is 7.73. The van der Waals surface area contributed by atoms with E-state index in [2.05, 4.69) is 10.4 Å². The smallest absolute Gasteiger partial charge is 0.246 e. The molecule has 8 heteroatoms. The maximum absolute atomic E-state index is 13.1. The number of anilines is 1. The lowest BCUT2D eigenvalue weighted by Crippen LogP contribution is -2.36. The Morgan fingerprint density at radius 2 is 1.79 bits per heavy atom. The van der Waals surface area contributed by atoms with Crippen molar-refractivity contribution in [1.82, 2.24) is 14.1 Å². The molecule has 0 spiro atoms. The van der Waals surface area contributed by atoms with Crippen LogP contribution in [0.5, 0.6) is 0 Å². The number of rotatable bonds is 6. The summed E-state index contributed by atoms with van der Waals surface area (Å²) in [5, 5.41) is 7.35. The van der Waals surface area contributed by atoms with E-state index in [-0.39, 0.29) is 17.2 Å². The summed E-state index contributed by atoms with van der Waals surface area (Å²) in [7, 11) is -3.55. The van der Waals surface area contributed by atoms with Gasteiger partial charge in [-0.15, -0.1) is 0 Å². The lowest BCUT2D eigenvalue weighted by atomic mass is 10.1. The van der Waals surface area contributed by atoms with E-state index in [1.54, 1.807) is 22.8 Å². The van der Waals surface area contributed by atoms with Crippen molar-refractivity contribution in [3.8, 4) is 0 Å². The molecule has 1 N–H and O–H groups in total. The zero-order valence-electron chi connectivity index (χ0n) is 17.7. The molecule has 29 heavy (non-hydrogen) atoms. The molecule has 3 rings (SSSR count). The Balaban J connectivity index is 1.72. The van der Waals surface area contributed by atoms with Crippen molar-refractivity contribution in [2.24, 2.45) is 0 Å². The number of hydrogen-bond donors (Lipinski definition) is 1. The number of aromatic nitrogens is 2. The Kier molecular flexibility index (Phi) is 6.43. The average molecular weight is 419 g/mol. The molecule has 0 unspecified atom stereocenters. The van der Waals surface area contributed by atoms with Gasteiger partial charge in [-0.3, -0.25) is 9.48 Å². The highest BCUT2D eigenvalue weighted by atomic mass is 32.2. The first-order valence-corrected chi connectivity index (χ1v) is 11.6. The lowest BCUT2D eigenvalue weighted by Gasteiger charge is -2.26. The van der Waals surface area contributed by atoms with Crippen LogP contribution in [0.15, 0.2) is 23.1 Å². The van der Waals surface area contributed by atoms with Crippen LogP contribution in [0.4, 0.5) is 5.69 Å². The maximum Gasteiger partial charge on any atom is 0.246 e. The highest BCUT2D eigenvalue weighted by Gasteiger charge is 2.31. The first-order chi connectivity index (χ1) is 13.7. The second kappa shape index (κ2) is 8.67. The first kappa shape index (κ1) is 21.5. The predicted molar refractivity (Wildman–Crippen MR) is 113 cm³/mol. The quantitative estimate of drug-likeness (QED) is 0.780. The number of aryl methyl sites for hydroxylation is 3. The van der Waals surface area contributed by atoms with E-state index in [1.807, 2.05) is 32.0 Å². The summed E-state index contributed by atoms with van der Waals surface area (Å²) in [6.07, 6.45) is 3.07. The van der Waals surface area contributed by atoms with Crippen molar-refractivity contribution >= 4 is 21.6 Å². The summed E-state index contributed by atoms with van der Waals surface area (Å²) in [5.74, 6) is -0.119. The number of carbonyl (C=O) groups is 1. The fourth-order valence-corrected chi connectivity index (χ4v) is 5.70. The average Bonchev–Trinajstić information content (AvgIpc) is 2.98. The normalized spacial score (nSPS) is 15.4. The summed E-state index contributed by atoms with van der Waals surface area (Å²) in [5.41, 5.74) is 4.04. The van der Waals surface area contributed by atoms with Crippen molar-refractivity contribution in [1.29, 1.82) is 0 Å². The van der Waals surface area contributed by atoms with E-state index in [1.165, 1.54) is 0 Å². The summed E-state index contributed by atoms with van der Waals surface area (Å²) in [6, 6.07) is 5.80. The van der Waals surface area contributed by atoms with Crippen molar-refractivity contribution in [2.75, 3.05) is 18.4 Å². The summed E-state index contributed by atoms with van der Waals surface area (Å²) in [6.45, 7) is 8.92. The summed E-state index contributed by atoms with van der Waals surface area (Å²) in [4.78, 5) is 12.7. The molecule has 1 amide bonds. The fraction of sp³-hybridized carbons (Fsp3) is 0.524. The number of sulfonamides is 1. The van der Waals surface area contributed by atoms with Gasteiger partial charge in [-0.2, -0.15) is 9.40 Å². The maximum atomic E-state index is 13.1. The second-order valence-corrected chi connectivity index (χ2v) is 9.61. The topological polar surface area (TPSA) is 84.3 Å². The largest absolute Gasteiger partial charge is 0.326 e. The van der Waals surface area contributed by atoms with Crippen molar-refractivity contribution in [3.63, 3.8) is 0 Å². The zero-order valence-corrected chi connectivity index (χ0v) is 18.5. The fourth-order valence-electron chi connectivity index (χ4n) is 3.81. The number of amides is 1. The summed E-state index contributed by atoms with van der Waals surface area (Å²) < 4.78 is 29.4. The van der Waals surface area contributed by atoms with Crippen LogP contribution in [0.1, 0.15) is 48.2 Å². The number of carbonyl (C=O) groups excluding carboxylic acids is 1. The van der Waals surface area contributed by atoms with Gasteiger partial charge in [0.25, 0.3) is 0 Å². The van der Waals surface area contributed by atoms with Crippen LogP contribution in [-0.4, -0.2) is 41.5 Å². The van der Waals surface area contributed by atoms with E-state index in [4.69, 9.17) is 0 Å². The molecule has 2 aromatic rings. The molecule has 0 aliphatic carbocycles. The molecular formula is C21H30N4O3S. The van der Waals surface area contributed by atoms with Gasteiger partial charge in [0, 0.05) is 25.2 Å². The van der Waals surface area contributed by atoms with Crippen LogP contribution >= 0.6 is 0 Å². The van der Waals surface area contributed by atoms with Gasteiger partial charge in [-0.1, -0.05) is 18.6 Å². The molecule has 158 valence electrons. The molecule has 1 aromatic heterocycles. The van der Waals surface area contributed by atoms with E-state index in [0.29, 0.717) is 31.0 Å². The van der Waals surface area contributed by atoms with Crippen molar-refractivity contribution in [3.05, 3.63) is 40.7 Å². The third kappa shape index (κ3) is 4.53. The summed E-state index contributed by atoms with van der Waals surface area (Å²) >= 11 is 0. The predicted octanol–water partition coefficient (Wildman–Crippen LogP) is 3.32. The van der Waals surface area contributed by atoms with Gasteiger partial charge in [-0.05, 0) is 57.7 Å². The third-order valence-electron chi connectivity index (χ3n) is 5.66. The monoisotopic (exact) mass is 418 g/mol. The van der Waals surface area contributed by atoms with Gasteiger partial charge < -0.3 is 5.32 Å². The molecule has 1 aliphatic heterocycles. The van der Waals surface area contributed by atoms with Gasteiger partial charge in [0.15, 0.2) is 0 Å². The van der Waals surface area contributed by atoms with E-state index >= 15 is 0 Å². The Labute approximate surface area is 173 Å². The SMILES string of the molecule is Cc1cccc(NC(=O)CCn2nc(C)c(S(=O)(=O)N3CCCCC3)c2C)c1C. The van der Waals surface area contributed by atoms with Gasteiger partial charge in [0.1, 0.15) is 4.90 Å². The third-order valence-corrected chi connectivity index (χ3v) is 7.81. The van der Waals surface area contributed by atoms with Crippen LogP contribution in [0.3, 0.4) is 0 Å². The van der Waals surface area contributed by atoms with Crippen molar-refractivity contribution < 1.29 is 13.2 Å². The van der Waals surface area contributed by atoms with E-state index in [9.17, 15) is 13.2 Å². The van der Waals surface area contributed by atoms with Crippen LogP contribution in [0, 0.1) is 27.7 Å². The van der Waals surface area contributed by atoms with E-state index < -0.39 is 10.0 Å². The molecule has 7 nitrogen and oxygen atoms in total. The lowest BCUT2D eigenvalue weighted by molar-refractivity contribution is -0.116. The number of hydrogen-bond acceptors (Lipinski definition) is 4. The number of piperidine rings is 1. The Hall–Kier alpha value is -2.19. The molecule has 1 fully saturated rings. The van der Waals surface area contributed by atoms with Gasteiger partial charge in [-0.25, -0.2) is 8.42 Å². The number of nitrogens with one attached hydrogen (secondary N) is 1. The highest BCUT2D eigenvalue weighted by molar-refractivity contribution is 7.89. The molecule has 1 aliphatic rings. The molecule has 1 aromatic carbocycles. The first-order valence-electron chi connectivity index (χ1n) is 10.1. The van der Waals surface area contributed by atoms with Crippen LogP contribution in [-0.2, 0) is 21.4 Å². The van der Waals surface area contributed by atoms with Crippen molar-refractivity contribution in [2.45, 2.75) is 64.8 Å². The molecule has 0 saturated carbocycles. The van der Waals surface area contributed by atoms with Gasteiger partial charge in [0.05, 0.1) is 17.9 Å². The van der Waals surface area contributed by atoms with Crippen LogP contribution in [0.2, 0.25) is 0 Å². The molecule has 0 radical (unpaired) electrons. The van der Waals surface area contributed by atoms with Crippen LogP contribution in [0.25, 0.3) is 0 Å². The Bertz CT molecular complexity index is 1010. The minimum Gasteiger partial charge on any atom is -0.326 e. The highest BCUT2D eigenvalue weighted by Crippen LogP contribution is 2.26. The zero-order chi connectivity index (χ0) is 21.2. The minimum atomic E-state index is -3.55. The molecule has 1 saturated heterocycles. The molecule has 2 heterocycles. The van der Waals surface area contributed by atoms with Gasteiger partial charge >= 0.3 is 0 Å². The Morgan fingerprint density at radius 3 is 2.48 bits per heavy atom. The standard InChI is InChI=1S/C21H30N4O3S/c1-15-9-8-10-19(16(15)2)22-20(26)11-14-25-18(4)21(17(3)23-25)29(27,28)24-12-6-5-7-13-24/h8-10H,5-7,11-14H2,1-4H3,(H,22,26).